The molecule has 0 unspecified atom stereocenters. The standard InChI is InChI=1S/3C15H11NO4/c3*1-2-10-3-6-12(7-4-10)20-15(18)11-5-8-14(17)13(9-11)16-19/h3*2-9,17H,1H2. The first-order chi connectivity index (χ1) is 28.9. The molecule has 15 nitrogen and oxygen atoms in total. The van der Waals surface area contributed by atoms with Gasteiger partial charge in [0.2, 0.25) is 0 Å². The quantitative estimate of drug-likeness (QED) is 0.0596. The van der Waals surface area contributed by atoms with E-state index in [0.29, 0.717) is 17.2 Å². The van der Waals surface area contributed by atoms with Crippen LogP contribution in [0.3, 0.4) is 0 Å². The van der Waals surface area contributed by atoms with Gasteiger partial charge in [0.15, 0.2) is 0 Å². The van der Waals surface area contributed by atoms with Gasteiger partial charge >= 0.3 is 17.9 Å². The van der Waals surface area contributed by atoms with E-state index in [9.17, 15) is 44.4 Å². The molecule has 0 spiro atoms. The van der Waals surface area contributed by atoms with Crippen molar-refractivity contribution >= 4 is 53.2 Å². The Morgan fingerprint density at radius 1 is 0.400 bits per heavy atom. The van der Waals surface area contributed by atoms with Gasteiger partial charge < -0.3 is 29.5 Å². The summed E-state index contributed by atoms with van der Waals surface area (Å²) >= 11 is 0. The number of ether oxygens (including phenoxy) is 3. The number of carbonyl (C=O) groups excluding carboxylic acids is 3. The molecule has 0 aliphatic carbocycles. The molecule has 0 radical (unpaired) electrons. The molecule has 3 N–H and O–H groups in total. The summed E-state index contributed by atoms with van der Waals surface area (Å²) in [4.78, 5) is 67.0. The van der Waals surface area contributed by atoms with Crippen molar-refractivity contribution in [3.05, 3.63) is 195 Å². The topological polar surface area (TPSA) is 228 Å². The molecule has 0 saturated carbocycles. The molecule has 0 amide bonds. The normalized spacial score (nSPS) is 9.80. The van der Waals surface area contributed by atoms with E-state index in [2.05, 4.69) is 35.3 Å². The Hall–Kier alpha value is -8.85. The zero-order chi connectivity index (χ0) is 43.6. The fourth-order valence-electron chi connectivity index (χ4n) is 4.68. The second-order valence-electron chi connectivity index (χ2n) is 11.9. The number of hydrogen-bond acceptors (Lipinski definition) is 15. The van der Waals surface area contributed by atoms with E-state index < -0.39 is 17.9 Å². The fourth-order valence-corrected chi connectivity index (χ4v) is 4.68. The molecule has 0 fully saturated rings. The van der Waals surface area contributed by atoms with Crippen LogP contribution in [0, 0.1) is 14.7 Å². The van der Waals surface area contributed by atoms with Gasteiger partial charge in [-0.3, -0.25) is 0 Å². The highest BCUT2D eigenvalue weighted by molar-refractivity contribution is 5.94. The molecule has 0 aliphatic rings. The number of esters is 3. The molecule has 0 aliphatic heterocycles. The van der Waals surface area contributed by atoms with Gasteiger partial charge in [-0.25, -0.2) is 14.4 Å². The lowest BCUT2D eigenvalue weighted by Gasteiger charge is -2.05. The van der Waals surface area contributed by atoms with Gasteiger partial charge in [0.25, 0.3) is 0 Å². The van der Waals surface area contributed by atoms with Crippen LogP contribution in [0.4, 0.5) is 17.1 Å². The number of benzene rings is 6. The van der Waals surface area contributed by atoms with Crippen LogP contribution in [0.1, 0.15) is 47.8 Å². The lowest BCUT2D eigenvalue weighted by molar-refractivity contribution is 0.0725. The molecular formula is C45H33N3O12. The van der Waals surface area contributed by atoms with E-state index in [1.807, 2.05) is 0 Å². The predicted octanol–water partition coefficient (Wildman–Crippen LogP) is 11.0. The van der Waals surface area contributed by atoms with Crippen molar-refractivity contribution in [1.82, 2.24) is 0 Å². The van der Waals surface area contributed by atoms with E-state index in [4.69, 9.17) is 14.2 Å². The number of hydrogen-bond donors (Lipinski definition) is 3. The number of rotatable bonds is 12. The van der Waals surface area contributed by atoms with Crippen LogP contribution in [0.2, 0.25) is 0 Å². The van der Waals surface area contributed by atoms with Crippen LogP contribution in [-0.2, 0) is 0 Å². The molecule has 60 heavy (non-hydrogen) atoms. The van der Waals surface area contributed by atoms with Crippen LogP contribution in [0.5, 0.6) is 34.5 Å². The van der Waals surface area contributed by atoms with Crippen LogP contribution >= 0.6 is 0 Å². The first kappa shape index (κ1) is 43.9. The summed E-state index contributed by atoms with van der Waals surface area (Å²) in [6, 6.07) is 31.5. The third-order valence-electron chi connectivity index (χ3n) is 7.91. The van der Waals surface area contributed by atoms with E-state index in [1.165, 1.54) is 54.6 Å². The molecule has 6 rings (SSSR count). The number of phenols is 3. The van der Waals surface area contributed by atoms with E-state index >= 15 is 0 Å². The van der Waals surface area contributed by atoms with Crippen LogP contribution < -0.4 is 14.2 Å². The Labute approximate surface area is 341 Å². The number of carbonyl (C=O) groups is 3. The summed E-state index contributed by atoms with van der Waals surface area (Å²) in [6.07, 6.45) is 5.02. The summed E-state index contributed by atoms with van der Waals surface area (Å²) in [5, 5.41) is 35.8. The number of nitrogens with zero attached hydrogens (tertiary/aromatic N) is 3. The van der Waals surface area contributed by atoms with Crippen LogP contribution in [0.25, 0.3) is 18.2 Å². The van der Waals surface area contributed by atoms with Gasteiger partial charge in [-0.15, -0.1) is 14.7 Å². The van der Waals surface area contributed by atoms with Crippen molar-refractivity contribution in [3.63, 3.8) is 0 Å². The van der Waals surface area contributed by atoms with E-state index in [0.717, 1.165) is 16.7 Å². The fraction of sp³-hybridized carbons (Fsp3) is 0. The zero-order valence-corrected chi connectivity index (χ0v) is 31.3. The largest absolute Gasteiger partial charge is 0.506 e. The van der Waals surface area contributed by atoms with E-state index in [1.54, 1.807) is 91.0 Å². The van der Waals surface area contributed by atoms with Gasteiger partial charge in [-0.05, 0) is 123 Å². The Morgan fingerprint density at radius 3 is 0.833 bits per heavy atom. The first-order valence-electron chi connectivity index (χ1n) is 17.2. The van der Waals surface area contributed by atoms with Gasteiger partial charge in [-0.1, -0.05) is 74.4 Å². The minimum Gasteiger partial charge on any atom is -0.506 e. The van der Waals surface area contributed by atoms with Crippen molar-refractivity contribution in [2.45, 2.75) is 0 Å². The minimum atomic E-state index is -0.638. The predicted molar refractivity (Wildman–Crippen MR) is 225 cm³/mol. The van der Waals surface area contributed by atoms with Gasteiger partial charge in [0, 0.05) is 0 Å². The Morgan fingerprint density at radius 2 is 0.633 bits per heavy atom. The Bertz CT molecular complexity index is 2270. The molecule has 300 valence electrons. The smallest absolute Gasteiger partial charge is 0.343 e. The second kappa shape index (κ2) is 21.5. The van der Waals surface area contributed by atoms with Crippen LogP contribution in [0.15, 0.2) is 163 Å². The third-order valence-corrected chi connectivity index (χ3v) is 7.91. The van der Waals surface area contributed by atoms with Crippen molar-refractivity contribution in [1.29, 1.82) is 0 Å². The average molecular weight is 808 g/mol. The summed E-state index contributed by atoms with van der Waals surface area (Å²) in [5.41, 5.74) is 2.48. The summed E-state index contributed by atoms with van der Waals surface area (Å²) in [6.45, 7) is 10.9. The first-order valence-corrected chi connectivity index (χ1v) is 17.2. The number of nitroso groups, excluding NO2 is 3. The highest BCUT2D eigenvalue weighted by Gasteiger charge is 2.14. The van der Waals surface area contributed by atoms with Crippen molar-refractivity contribution in [3.8, 4) is 34.5 Å². The lowest BCUT2D eigenvalue weighted by Crippen LogP contribution is -2.08. The average Bonchev–Trinajstić information content (AvgIpc) is 3.28. The highest BCUT2D eigenvalue weighted by atomic mass is 16.5. The van der Waals surface area contributed by atoms with Gasteiger partial charge in [0.1, 0.15) is 51.6 Å². The maximum absolute atomic E-state index is 11.9. The summed E-state index contributed by atoms with van der Waals surface area (Å²) in [5.74, 6) is -1.66. The molecule has 15 heteroatoms. The SMILES string of the molecule is C=Cc1ccc(OC(=O)c2ccc(O)c(N=O)c2)cc1.C=Cc1ccc(OC(=O)c2ccc(O)c(N=O)c2)cc1.C=Cc1ccc(OC(=O)c2ccc(O)c(N=O)c2)cc1. The Kier molecular flexibility index (Phi) is 15.7. The molecule has 6 aromatic rings. The minimum absolute atomic E-state index is 0.130. The van der Waals surface area contributed by atoms with Crippen molar-refractivity contribution < 1.29 is 43.9 Å². The Balaban J connectivity index is 0.000000198. The number of phenolic OH excluding ortho intramolecular Hbond substituents is 3. The van der Waals surface area contributed by atoms with Gasteiger partial charge in [-0.2, -0.15) is 0 Å². The molecule has 6 aromatic carbocycles. The van der Waals surface area contributed by atoms with Crippen LogP contribution in [-0.4, -0.2) is 33.2 Å². The third kappa shape index (κ3) is 12.3. The molecule has 0 saturated heterocycles. The molecule has 0 bridgehead atoms. The summed E-state index contributed by atoms with van der Waals surface area (Å²) in [7, 11) is 0. The molecule has 0 heterocycles. The monoisotopic (exact) mass is 807 g/mol. The summed E-state index contributed by atoms with van der Waals surface area (Å²) < 4.78 is 15.4. The lowest BCUT2D eigenvalue weighted by atomic mass is 10.2. The molecule has 0 atom stereocenters. The highest BCUT2D eigenvalue weighted by Crippen LogP contribution is 2.30. The maximum Gasteiger partial charge on any atom is 0.343 e. The number of aromatic hydroxyl groups is 3. The zero-order valence-electron chi connectivity index (χ0n) is 31.3. The van der Waals surface area contributed by atoms with Crippen molar-refractivity contribution in [2.24, 2.45) is 15.5 Å². The van der Waals surface area contributed by atoms with Crippen molar-refractivity contribution in [2.75, 3.05) is 0 Å². The molecule has 0 aromatic heterocycles. The second-order valence-corrected chi connectivity index (χ2v) is 11.9. The van der Waals surface area contributed by atoms with E-state index in [-0.39, 0.29) is 51.0 Å². The van der Waals surface area contributed by atoms with Gasteiger partial charge in [0.05, 0.1) is 16.7 Å². The maximum atomic E-state index is 11.9. The molecular weight excluding hydrogens is 775 g/mol.